The Hall–Kier alpha value is -3.97. The lowest BCUT2D eigenvalue weighted by Crippen LogP contribution is -2.29. The lowest BCUT2D eigenvalue weighted by Gasteiger charge is -2.23. The fraction of sp³-hybridized carbons (Fsp3) is 0.233. The fourth-order valence-corrected chi connectivity index (χ4v) is 6.18. The zero-order chi connectivity index (χ0) is 25.7. The van der Waals surface area contributed by atoms with Crippen molar-refractivity contribution in [2.75, 3.05) is 11.5 Å². The number of carbonyl (C=O) groups excluding carboxylic acids is 2. The minimum absolute atomic E-state index is 0.0702. The highest BCUT2D eigenvalue weighted by Crippen LogP contribution is 2.45. The number of carbonyl (C=O) groups is 2. The molecule has 4 aromatic rings. The summed E-state index contributed by atoms with van der Waals surface area (Å²) in [6, 6.07) is 18.4. The van der Waals surface area contributed by atoms with E-state index >= 15 is 0 Å². The molecule has 0 bridgehead atoms. The number of thiazole rings is 1. The zero-order valence-corrected chi connectivity index (χ0v) is 21.5. The summed E-state index contributed by atoms with van der Waals surface area (Å²) in [5.41, 5.74) is 5.24. The Morgan fingerprint density at radius 3 is 2.81 bits per heavy atom. The number of fused-ring (bicyclic) bond motifs is 2. The molecule has 6 nitrogen and oxygen atoms in total. The second-order valence-corrected chi connectivity index (χ2v) is 10.5. The number of ketones is 1. The molecule has 186 valence electrons. The highest BCUT2D eigenvalue weighted by Gasteiger charge is 2.48. The van der Waals surface area contributed by atoms with Gasteiger partial charge in [0, 0.05) is 5.56 Å². The van der Waals surface area contributed by atoms with Crippen LogP contribution in [0.2, 0.25) is 0 Å². The number of ether oxygens (including phenoxy) is 1. The Labute approximate surface area is 218 Å². The van der Waals surface area contributed by atoms with E-state index < -0.39 is 17.7 Å². The number of hydrogen-bond donors (Lipinski definition) is 1. The van der Waals surface area contributed by atoms with Crippen molar-refractivity contribution in [2.45, 2.75) is 39.2 Å². The molecule has 0 spiro atoms. The van der Waals surface area contributed by atoms with Gasteiger partial charge in [-0.3, -0.25) is 14.5 Å². The van der Waals surface area contributed by atoms with E-state index in [9.17, 15) is 14.7 Å². The van der Waals surface area contributed by atoms with Crippen molar-refractivity contribution in [1.29, 1.82) is 0 Å². The van der Waals surface area contributed by atoms with Gasteiger partial charge in [0.1, 0.15) is 11.5 Å². The Morgan fingerprint density at radius 1 is 1.14 bits per heavy atom. The predicted octanol–water partition coefficient (Wildman–Crippen LogP) is 6.12. The summed E-state index contributed by atoms with van der Waals surface area (Å²) >= 11 is 1.38. The minimum Gasteiger partial charge on any atom is -0.507 e. The maximum Gasteiger partial charge on any atom is 0.301 e. The van der Waals surface area contributed by atoms with Crippen LogP contribution in [0.4, 0.5) is 5.13 Å². The van der Waals surface area contributed by atoms with Crippen LogP contribution < -0.4 is 9.64 Å². The SMILES string of the molecule is CCc1ccc2nc(N3C(=O)C(=O)/C(=C(/O)c4ccc5c(c4)CCCO5)C3c3cccc(C)c3)sc2c1. The van der Waals surface area contributed by atoms with Gasteiger partial charge in [-0.15, -0.1) is 0 Å². The Kier molecular flexibility index (Phi) is 5.80. The summed E-state index contributed by atoms with van der Waals surface area (Å²) in [6.07, 6.45) is 2.61. The van der Waals surface area contributed by atoms with Crippen molar-refractivity contribution < 1.29 is 19.4 Å². The van der Waals surface area contributed by atoms with Crippen LogP contribution in [-0.2, 0) is 22.4 Å². The molecule has 1 N–H and O–H groups in total. The third-order valence-electron chi connectivity index (χ3n) is 7.04. The average molecular weight is 511 g/mol. The van der Waals surface area contributed by atoms with Crippen LogP contribution in [0.5, 0.6) is 5.75 Å². The molecule has 1 amide bonds. The number of aliphatic hydroxyl groups is 1. The largest absolute Gasteiger partial charge is 0.507 e. The van der Waals surface area contributed by atoms with Gasteiger partial charge >= 0.3 is 5.91 Å². The fourth-order valence-electron chi connectivity index (χ4n) is 5.13. The molecular formula is C30H26N2O4S. The van der Waals surface area contributed by atoms with Crippen LogP contribution in [0.25, 0.3) is 16.0 Å². The molecule has 37 heavy (non-hydrogen) atoms. The van der Waals surface area contributed by atoms with Crippen LogP contribution in [0.1, 0.15) is 47.2 Å². The number of benzene rings is 3. The van der Waals surface area contributed by atoms with Gasteiger partial charge in [0.25, 0.3) is 5.78 Å². The highest BCUT2D eigenvalue weighted by molar-refractivity contribution is 7.22. The summed E-state index contributed by atoms with van der Waals surface area (Å²) < 4.78 is 6.66. The number of aryl methyl sites for hydroxylation is 3. The molecule has 1 fully saturated rings. The number of rotatable bonds is 4. The second-order valence-electron chi connectivity index (χ2n) is 9.51. The number of hydrogen-bond acceptors (Lipinski definition) is 6. The number of amides is 1. The Balaban J connectivity index is 1.53. The summed E-state index contributed by atoms with van der Waals surface area (Å²) in [7, 11) is 0. The maximum atomic E-state index is 13.5. The first kappa shape index (κ1) is 23.4. The van der Waals surface area contributed by atoms with Crippen LogP contribution in [0.15, 0.2) is 66.2 Å². The van der Waals surface area contributed by atoms with Gasteiger partial charge in [0.15, 0.2) is 5.13 Å². The van der Waals surface area contributed by atoms with Crippen LogP contribution in [0.3, 0.4) is 0 Å². The van der Waals surface area contributed by atoms with Crippen molar-refractivity contribution >= 4 is 44.1 Å². The molecule has 1 saturated heterocycles. The number of anilines is 1. The third kappa shape index (κ3) is 4.00. The van der Waals surface area contributed by atoms with E-state index in [4.69, 9.17) is 9.72 Å². The number of nitrogens with zero attached hydrogens (tertiary/aromatic N) is 2. The van der Waals surface area contributed by atoms with Crippen LogP contribution in [0, 0.1) is 6.92 Å². The minimum atomic E-state index is -0.793. The van der Waals surface area contributed by atoms with Gasteiger partial charge in [-0.2, -0.15) is 0 Å². The third-order valence-corrected chi connectivity index (χ3v) is 8.06. The van der Waals surface area contributed by atoms with E-state index in [0.717, 1.165) is 51.9 Å². The van der Waals surface area contributed by atoms with Crippen LogP contribution in [-0.4, -0.2) is 28.4 Å². The number of aliphatic hydroxyl groups excluding tert-OH is 1. The van der Waals surface area contributed by atoms with Gasteiger partial charge in [0.05, 0.1) is 28.4 Å². The molecule has 3 heterocycles. The van der Waals surface area contributed by atoms with Gasteiger partial charge in [-0.25, -0.2) is 4.98 Å². The summed E-state index contributed by atoms with van der Waals surface area (Å²) in [6.45, 7) is 4.72. The number of aromatic nitrogens is 1. The molecular weight excluding hydrogens is 484 g/mol. The standard InChI is InChI=1S/C30H26N2O4S/c1-3-18-9-11-22-24(15-18)37-30(31-22)32-26(20-7-4-6-17(2)14-20)25(28(34)29(32)35)27(33)21-10-12-23-19(16-21)8-5-13-36-23/h4,6-7,9-12,14-16,26,33H,3,5,8,13H2,1-2H3/b27-25+. The zero-order valence-electron chi connectivity index (χ0n) is 20.7. The summed E-state index contributed by atoms with van der Waals surface area (Å²) in [5.74, 6) is -0.801. The van der Waals surface area contributed by atoms with Crippen LogP contribution >= 0.6 is 11.3 Å². The van der Waals surface area contributed by atoms with E-state index in [1.807, 2.05) is 55.5 Å². The van der Waals surface area contributed by atoms with Crippen molar-refractivity contribution in [1.82, 2.24) is 4.98 Å². The summed E-state index contributed by atoms with van der Waals surface area (Å²) in [4.78, 5) is 33.2. The average Bonchev–Trinajstić information content (AvgIpc) is 3.45. The Morgan fingerprint density at radius 2 is 2.00 bits per heavy atom. The molecule has 2 aliphatic heterocycles. The van der Waals surface area contributed by atoms with Crippen molar-refractivity contribution in [3.63, 3.8) is 0 Å². The maximum absolute atomic E-state index is 13.5. The molecule has 2 aliphatic rings. The lowest BCUT2D eigenvalue weighted by molar-refractivity contribution is -0.132. The molecule has 0 aliphatic carbocycles. The highest BCUT2D eigenvalue weighted by atomic mass is 32.1. The second kappa shape index (κ2) is 9.16. The topological polar surface area (TPSA) is 79.7 Å². The Bertz CT molecular complexity index is 1600. The van der Waals surface area contributed by atoms with Gasteiger partial charge in [-0.1, -0.05) is 54.2 Å². The molecule has 6 rings (SSSR count). The van der Waals surface area contributed by atoms with E-state index in [2.05, 4.69) is 13.0 Å². The van der Waals surface area contributed by atoms with Gasteiger partial charge < -0.3 is 9.84 Å². The molecule has 1 aromatic heterocycles. The predicted molar refractivity (Wildman–Crippen MR) is 145 cm³/mol. The molecule has 0 saturated carbocycles. The van der Waals surface area contributed by atoms with Gasteiger partial charge in [-0.05, 0) is 73.2 Å². The van der Waals surface area contributed by atoms with E-state index in [1.165, 1.54) is 21.8 Å². The van der Waals surface area contributed by atoms with Gasteiger partial charge in [0.2, 0.25) is 0 Å². The van der Waals surface area contributed by atoms with E-state index in [1.54, 1.807) is 6.07 Å². The first-order valence-electron chi connectivity index (χ1n) is 12.5. The molecule has 0 radical (unpaired) electrons. The first-order valence-corrected chi connectivity index (χ1v) is 13.3. The molecule has 7 heteroatoms. The summed E-state index contributed by atoms with van der Waals surface area (Å²) in [5, 5.41) is 11.9. The number of Topliss-reactive ketones (excluding diaryl/α,β-unsaturated/α-hetero) is 1. The molecule has 3 aromatic carbocycles. The van der Waals surface area contributed by atoms with Crippen molar-refractivity contribution in [3.8, 4) is 5.75 Å². The lowest BCUT2D eigenvalue weighted by atomic mass is 9.93. The smallest absolute Gasteiger partial charge is 0.301 e. The normalized spacial score (nSPS) is 18.8. The molecule has 1 unspecified atom stereocenters. The quantitative estimate of drug-likeness (QED) is 0.203. The monoisotopic (exact) mass is 510 g/mol. The van der Waals surface area contributed by atoms with E-state index in [-0.39, 0.29) is 11.3 Å². The molecule has 1 atom stereocenters. The van der Waals surface area contributed by atoms with E-state index in [0.29, 0.717) is 17.3 Å². The first-order chi connectivity index (χ1) is 17.9. The van der Waals surface area contributed by atoms with Crippen molar-refractivity contribution in [3.05, 3.63) is 94.1 Å². The van der Waals surface area contributed by atoms with Crippen molar-refractivity contribution in [2.24, 2.45) is 0 Å².